The van der Waals surface area contributed by atoms with Crippen molar-refractivity contribution in [3.05, 3.63) is 0 Å². The maximum atomic E-state index is 10.0. The number of rotatable bonds is 2. The molecule has 0 saturated carbocycles. The van der Waals surface area contributed by atoms with Crippen molar-refractivity contribution < 1.29 is 13.5 Å². The van der Waals surface area contributed by atoms with Crippen molar-refractivity contribution >= 4 is 11.1 Å². The van der Waals surface area contributed by atoms with Crippen LogP contribution in [0.5, 0.6) is 0 Å². The molecule has 0 spiro atoms. The third-order valence-electron chi connectivity index (χ3n) is 0.593. The second-order valence-electron chi connectivity index (χ2n) is 2.70. The summed E-state index contributed by atoms with van der Waals surface area (Å²) in [5, 5.41) is 0. The Balaban J connectivity index is 3.39. The van der Waals surface area contributed by atoms with Gasteiger partial charge in [-0.15, -0.1) is 0 Å². The largest absolute Gasteiger partial charge is 0.360 e. The quantitative estimate of drug-likeness (QED) is 0.600. The van der Waals surface area contributed by atoms with Gasteiger partial charge in [0.25, 0.3) is 0 Å². The van der Waals surface area contributed by atoms with E-state index in [1.54, 1.807) is 0 Å². The summed E-state index contributed by atoms with van der Waals surface area (Å²) in [6.45, 7) is 5.50. The standard InChI is InChI=1S/C5H12O3S/c1-5(2,3)8-4-9(6)7/h4H2,1-3H3,(H,6,7). The molecule has 0 heterocycles. The zero-order chi connectivity index (χ0) is 7.49. The summed E-state index contributed by atoms with van der Waals surface area (Å²) < 4.78 is 23.2. The van der Waals surface area contributed by atoms with Gasteiger partial charge < -0.3 is 9.29 Å². The lowest BCUT2D eigenvalue weighted by Crippen LogP contribution is -2.21. The molecule has 0 aromatic rings. The van der Waals surface area contributed by atoms with Crippen molar-refractivity contribution in [2.45, 2.75) is 26.4 Å². The highest BCUT2D eigenvalue weighted by Gasteiger charge is 2.10. The maximum absolute atomic E-state index is 10.0. The SMILES string of the molecule is CC(C)(C)OCS(=O)O. The van der Waals surface area contributed by atoms with Gasteiger partial charge in [-0.1, -0.05) is 0 Å². The third kappa shape index (κ3) is 8.07. The fourth-order valence-electron chi connectivity index (χ4n) is 0.227. The zero-order valence-corrected chi connectivity index (χ0v) is 6.70. The number of ether oxygens (including phenoxy) is 1. The molecule has 0 radical (unpaired) electrons. The highest BCUT2D eigenvalue weighted by molar-refractivity contribution is 7.79. The van der Waals surface area contributed by atoms with Crippen LogP contribution >= 0.6 is 0 Å². The Morgan fingerprint density at radius 2 is 2.00 bits per heavy atom. The van der Waals surface area contributed by atoms with E-state index in [1.165, 1.54) is 0 Å². The summed E-state index contributed by atoms with van der Waals surface area (Å²) in [6.07, 6.45) is 0. The smallest absolute Gasteiger partial charge is 0.179 e. The van der Waals surface area contributed by atoms with Crippen LogP contribution < -0.4 is 0 Å². The first-order valence-corrected chi connectivity index (χ1v) is 3.91. The van der Waals surface area contributed by atoms with E-state index in [2.05, 4.69) is 0 Å². The third-order valence-corrected chi connectivity index (χ3v) is 0.912. The zero-order valence-electron chi connectivity index (χ0n) is 5.88. The second-order valence-corrected chi connectivity index (χ2v) is 3.57. The lowest BCUT2D eigenvalue weighted by molar-refractivity contribution is 0.0250. The summed E-state index contributed by atoms with van der Waals surface area (Å²) in [5.41, 5.74) is -0.321. The Labute approximate surface area is 57.7 Å². The molecule has 0 rings (SSSR count). The highest BCUT2D eigenvalue weighted by atomic mass is 32.2. The van der Waals surface area contributed by atoms with Gasteiger partial charge in [0.1, 0.15) is 5.94 Å². The minimum atomic E-state index is -1.83. The van der Waals surface area contributed by atoms with Crippen molar-refractivity contribution in [1.82, 2.24) is 0 Å². The van der Waals surface area contributed by atoms with Crippen LogP contribution in [0.15, 0.2) is 0 Å². The molecule has 0 aromatic carbocycles. The van der Waals surface area contributed by atoms with Gasteiger partial charge in [0.05, 0.1) is 5.60 Å². The lowest BCUT2D eigenvalue weighted by atomic mass is 10.2. The van der Waals surface area contributed by atoms with Gasteiger partial charge in [-0.25, -0.2) is 4.21 Å². The molecule has 9 heavy (non-hydrogen) atoms. The van der Waals surface area contributed by atoms with Gasteiger partial charge in [0.2, 0.25) is 0 Å². The molecular formula is C5H12O3S. The Hall–Kier alpha value is 0.0700. The minimum Gasteiger partial charge on any atom is -0.360 e. The van der Waals surface area contributed by atoms with E-state index in [0.29, 0.717) is 0 Å². The maximum Gasteiger partial charge on any atom is 0.179 e. The van der Waals surface area contributed by atoms with E-state index >= 15 is 0 Å². The molecule has 0 saturated heterocycles. The predicted octanol–water partition coefficient (Wildman–Crippen LogP) is 0.981. The second kappa shape index (κ2) is 3.29. The number of hydrogen-bond acceptors (Lipinski definition) is 2. The Kier molecular flexibility index (Phi) is 3.32. The van der Waals surface area contributed by atoms with Crippen LogP contribution in [0.3, 0.4) is 0 Å². The fraction of sp³-hybridized carbons (Fsp3) is 1.00. The van der Waals surface area contributed by atoms with Crippen molar-refractivity contribution in [2.75, 3.05) is 5.94 Å². The van der Waals surface area contributed by atoms with E-state index in [9.17, 15) is 4.21 Å². The molecule has 0 aliphatic rings. The molecule has 0 aliphatic carbocycles. The van der Waals surface area contributed by atoms with Crippen molar-refractivity contribution in [3.8, 4) is 0 Å². The Morgan fingerprint density at radius 1 is 1.56 bits per heavy atom. The van der Waals surface area contributed by atoms with E-state index < -0.39 is 11.1 Å². The molecule has 3 nitrogen and oxygen atoms in total. The molecule has 1 unspecified atom stereocenters. The lowest BCUT2D eigenvalue weighted by Gasteiger charge is -2.17. The van der Waals surface area contributed by atoms with E-state index in [0.717, 1.165) is 0 Å². The van der Waals surface area contributed by atoms with Crippen molar-refractivity contribution in [2.24, 2.45) is 0 Å². The molecule has 0 bridgehead atoms. The Morgan fingerprint density at radius 3 is 2.11 bits per heavy atom. The van der Waals surface area contributed by atoms with Gasteiger partial charge in [-0.3, -0.25) is 0 Å². The topological polar surface area (TPSA) is 46.5 Å². The van der Waals surface area contributed by atoms with E-state index in [1.807, 2.05) is 20.8 Å². The van der Waals surface area contributed by atoms with Crippen LogP contribution in [-0.4, -0.2) is 20.3 Å². The van der Waals surface area contributed by atoms with Crippen molar-refractivity contribution in [1.29, 1.82) is 0 Å². The molecule has 1 N–H and O–H groups in total. The van der Waals surface area contributed by atoms with Crippen LogP contribution in [0.25, 0.3) is 0 Å². The Bertz CT molecular complexity index is 105. The summed E-state index contributed by atoms with van der Waals surface area (Å²) >= 11 is -1.83. The fourth-order valence-corrected chi connectivity index (χ4v) is 0.682. The summed E-state index contributed by atoms with van der Waals surface area (Å²) in [6, 6.07) is 0. The van der Waals surface area contributed by atoms with Crippen molar-refractivity contribution in [3.63, 3.8) is 0 Å². The van der Waals surface area contributed by atoms with E-state index in [-0.39, 0.29) is 11.5 Å². The van der Waals surface area contributed by atoms with Gasteiger partial charge in [0, 0.05) is 0 Å². The van der Waals surface area contributed by atoms with Crippen LogP contribution in [-0.2, 0) is 15.8 Å². The summed E-state index contributed by atoms with van der Waals surface area (Å²) in [5.74, 6) is -0.108. The van der Waals surface area contributed by atoms with Crippen LogP contribution in [0.1, 0.15) is 20.8 Å². The monoisotopic (exact) mass is 152 g/mol. The first-order chi connectivity index (χ1) is 3.92. The summed E-state index contributed by atoms with van der Waals surface area (Å²) in [4.78, 5) is 0. The van der Waals surface area contributed by atoms with Gasteiger partial charge in [-0.2, -0.15) is 0 Å². The molecule has 56 valence electrons. The average Bonchev–Trinajstić information content (AvgIpc) is 1.59. The normalized spacial score (nSPS) is 15.6. The first kappa shape index (κ1) is 9.07. The van der Waals surface area contributed by atoms with Gasteiger partial charge >= 0.3 is 0 Å². The van der Waals surface area contributed by atoms with E-state index in [4.69, 9.17) is 9.29 Å². The number of hydrogen-bond donors (Lipinski definition) is 1. The minimum absolute atomic E-state index is 0.108. The van der Waals surface area contributed by atoms with Crippen LogP contribution in [0.4, 0.5) is 0 Å². The van der Waals surface area contributed by atoms with Crippen LogP contribution in [0, 0.1) is 0 Å². The molecule has 1 atom stereocenters. The predicted molar refractivity (Wildman–Crippen MR) is 36.5 cm³/mol. The molecular weight excluding hydrogens is 140 g/mol. The highest BCUT2D eigenvalue weighted by Crippen LogP contribution is 2.05. The first-order valence-electron chi connectivity index (χ1n) is 2.63. The molecule has 0 fully saturated rings. The molecule has 0 amide bonds. The van der Waals surface area contributed by atoms with Gasteiger partial charge in [0.15, 0.2) is 11.1 Å². The molecule has 0 aliphatic heterocycles. The average molecular weight is 152 g/mol. The molecule has 4 heteroatoms. The summed E-state index contributed by atoms with van der Waals surface area (Å²) in [7, 11) is 0. The van der Waals surface area contributed by atoms with Gasteiger partial charge in [-0.05, 0) is 20.8 Å². The van der Waals surface area contributed by atoms with Crippen LogP contribution in [0.2, 0.25) is 0 Å². The molecule has 0 aromatic heterocycles.